The van der Waals surface area contributed by atoms with E-state index in [0.29, 0.717) is 18.4 Å². The molecule has 2 amide bonds. The molecule has 2 aliphatic rings. The second-order valence-electron chi connectivity index (χ2n) is 15.2. The molecule has 2 saturated heterocycles. The van der Waals surface area contributed by atoms with E-state index in [1.54, 1.807) is 66.8 Å². The number of carbonyl (C=O) groups excluding carboxylic acids is 5. The Bertz CT molecular complexity index is 1520. The molecule has 13 nitrogen and oxygen atoms in total. The fourth-order valence-corrected chi connectivity index (χ4v) is 8.15. The summed E-state index contributed by atoms with van der Waals surface area (Å²) < 4.78 is 12.2. The van der Waals surface area contributed by atoms with Gasteiger partial charge in [0.05, 0.1) is 5.92 Å². The molecule has 2 aromatic rings. The average molecular weight is 832 g/mol. The van der Waals surface area contributed by atoms with E-state index in [2.05, 4.69) is 25.9 Å². The number of Topliss-reactive ketones (excluding diaryl/α,β-unsaturated/α-hetero) is 1. The first-order valence-corrected chi connectivity index (χ1v) is 26.0. The Labute approximate surface area is 314 Å². The van der Waals surface area contributed by atoms with E-state index in [1.165, 1.54) is 19.6 Å². The van der Waals surface area contributed by atoms with Gasteiger partial charge in [-0.25, -0.2) is 9.59 Å². The van der Waals surface area contributed by atoms with Crippen molar-refractivity contribution in [3.8, 4) is 0 Å². The van der Waals surface area contributed by atoms with E-state index in [1.807, 2.05) is 25.4 Å². The number of pyridine rings is 2. The number of likely N-dealkylation sites (tertiary alicyclic amines) is 2. The number of amides is 2. The van der Waals surface area contributed by atoms with Crippen molar-refractivity contribution < 1.29 is 43.3 Å². The van der Waals surface area contributed by atoms with Gasteiger partial charge in [0.2, 0.25) is 11.8 Å². The van der Waals surface area contributed by atoms with Crippen LogP contribution in [0.4, 0.5) is 0 Å². The fraction of sp³-hybridized carbons (Fsp3) is 0.579. The van der Waals surface area contributed by atoms with Gasteiger partial charge in [-0.1, -0.05) is 13.8 Å². The molecule has 52 heavy (non-hydrogen) atoms. The number of carboxylic acid groups (broad SMARTS) is 1. The van der Waals surface area contributed by atoms with Crippen LogP contribution in [-0.2, 0) is 33.4 Å². The van der Waals surface area contributed by atoms with Crippen molar-refractivity contribution in [2.45, 2.75) is 114 Å². The molecule has 2 fully saturated rings. The summed E-state index contributed by atoms with van der Waals surface area (Å²) in [5.74, 6) is -3.68. The molecule has 0 saturated carbocycles. The minimum atomic E-state index is -1.20. The summed E-state index contributed by atoms with van der Waals surface area (Å²) in [6, 6.07) is 6.24. The van der Waals surface area contributed by atoms with Gasteiger partial charge in [-0.05, 0) is 66.5 Å². The molecule has 4 unspecified atom stereocenters. The number of hydrogen-bond acceptors (Lipinski definition) is 10. The van der Waals surface area contributed by atoms with Crippen molar-refractivity contribution in [3.05, 3.63) is 54.6 Å². The van der Waals surface area contributed by atoms with Crippen LogP contribution in [0, 0.1) is 11.8 Å². The van der Waals surface area contributed by atoms with Gasteiger partial charge in [0.1, 0.15) is 23.3 Å². The number of ketones is 1. The van der Waals surface area contributed by atoms with E-state index >= 15 is 0 Å². The Morgan fingerprint density at radius 3 is 1.56 bits per heavy atom. The molecule has 4 atom stereocenters. The summed E-state index contributed by atoms with van der Waals surface area (Å²) in [7, 11) is 0. The third-order valence-electron chi connectivity index (χ3n) is 8.22. The summed E-state index contributed by atoms with van der Waals surface area (Å²) in [4.78, 5) is 87.5. The van der Waals surface area contributed by atoms with Crippen LogP contribution < -0.4 is 3.58 Å². The number of nitrogens with zero attached hydrogens (tertiary/aromatic N) is 4. The van der Waals surface area contributed by atoms with Crippen molar-refractivity contribution in [2.24, 2.45) is 11.8 Å². The Hall–Kier alpha value is -3.88. The number of esters is 2. The van der Waals surface area contributed by atoms with Gasteiger partial charge in [0.25, 0.3) is 0 Å². The van der Waals surface area contributed by atoms with Crippen molar-refractivity contribution in [3.63, 3.8) is 0 Å². The van der Waals surface area contributed by atoms with E-state index in [0.717, 1.165) is 0 Å². The predicted octanol–water partition coefficient (Wildman–Crippen LogP) is 4.05. The number of carbonyl (C=O) groups is 6. The summed E-state index contributed by atoms with van der Waals surface area (Å²) in [5.41, 5.74) is -0.750. The number of rotatable bonds is 10. The maximum absolute atomic E-state index is 12.5. The molecule has 0 spiro atoms. The van der Waals surface area contributed by atoms with Crippen LogP contribution in [0.25, 0.3) is 0 Å². The van der Waals surface area contributed by atoms with Crippen LogP contribution in [0.1, 0.15) is 91.4 Å². The molecule has 4 rings (SSSR count). The van der Waals surface area contributed by atoms with Crippen LogP contribution >= 0.6 is 0 Å². The number of carboxylic acids is 1. The van der Waals surface area contributed by atoms with Crippen LogP contribution in [0.3, 0.4) is 0 Å². The first-order valence-electron chi connectivity index (χ1n) is 17.8. The third-order valence-corrected chi connectivity index (χ3v) is 13.0. The number of hydrogen-bond donors (Lipinski definition) is 1. The van der Waals surface area contributed by atoms with Crippen molar-refractivity contribution in [1.82, 2.24) is 19.8 Å². The number of ether oxygens (including phenoxy) is 2. The molecule has 4 heterocycles. The van der Waals surface area contributed by atoms with Gasteiger partial charge in [0.15, 0.2) is 5.78 Å². The number of aliphatic carboxylic acids is 1. The standard InChI is InChI=1S/C18H24N2O4.C13H21NO5.C5H4N.2CH3.Sn.H/c1-5-14(17(23)24-18(2,3)4)20-11-13(9-15(20)21)16(22)12-7-6-8-19-10-12;1-5-9(12(18)19-13(2,3)4)14-7-8(11(16)17)6-10(14)15;1-2-4-6-5-3-1;;;;/h6-8,10,13-14H,5,9,11H2,1-4H3;8-9H,5-7H2,1-4H3,(H,16,17);1-2,4-5H;2*1H3;;. The maximum atomic E-state index is 12.5. The van der Waals surface area contributed by atoms with Gasteiger partial charge in [-0.2, -0.15) is 0 Å². The third kappa shape index (κ3) is 13.9. The van der Waals surface area contributed by atoms with E-state index in [4.69, 9.17) is 14.6 Å². The second kappa shape index (κ2) is 19.8. The zero-order chi connectivity index (χ0) is 39.4. The molecule has 14 heteroatoms. The van der Waals surface area contributed by atoms with Crippen molar-refractivity contribution in [1.29, 1.82) is 0 Å². The zero-order valence-corrected chi connectivity index (χ0v) is 35.5. The summed E-state index contributed by atoms with van der Waals surface area (Å²) in [6.07, 6.45) is 7.86. The normalized spacial score (nSPS) is 18.4. The zero-order valence-electron chi connectivity index (χ0n) is 32.3. The van der Waals surface area contributed by atoms with E-state index in [-0.39, 0.29) is 43.5 Å². The molecular formula is C38H56N4O9Sn. The van der Waals surface area contributed by atoms with Gasteiger partial charge in [0, 0.05) is 49.8 Å². The van der Waals surface area contributed by atoms with Gasteiger partial charge in [-0.15, -0.1) is 0 Å². The van der Waals surface area contributed by atoms with Gasteiger partial charge in [-0.3, -0.25) is 24.2 Å². The van der Waals surface area contributed by atoms with Gasteiger partial charge < -0.3 is 24.4 Å². The molecule has 2 aromatic heterocycles. The molecule has 0 aromatic carbocycles. The molecule has 0 radical (unpaired) electrons. The monoisotopic (exact) mass is 832 g/mol. The van der Waals surface area contributed by atoms with Crippen molar-refractivity contribution in [2.75, 3.05) is 13.1 Å². The van der Waals surface area contributed by atoms with Crippen LogP contribution in [0.2, 0.25) is 9.88 Å². The van der Waals surface area contributed by atoms with Gasteiger partial charge >= 0.3 is 80.6 Å². The molecule has 0 bridgehead atoms. The summed E-state index contributed by atoms with van der Waals surface area (Å²) in [5, 5.41) is 8.93. The van der Waals surface area contributed by atoms with Crippen LogP contribution in [-0.4, -0.2) is 117 Å². The summed E-state index contributed by atoms with van der Waals surface area (Å²) >= 11 is -1.20. The fourth-order valence-electron chi connectivity index (χ4n) is 5.64. The molecule has 0 aliphatic carbocycles. The van der Waals surface area contributed by atoms with E-state index in [9.17, 15) is 28.8 Å². The average Bonchev–Trinajstić information content (AvgIpc) is 3.63. The minimum absolute atomic E-state index is 0.0470. The molecular weight excluding hydrogens is 775 g/mol. The Morgan fingerprint density at radius 1 is 0.788 bits per heavy atom. The first-order chi connectivity index (χ1) is 24.2. The van der Waals surface area contributed by atoms with Crippen LogP contribution in [0.15, 0.2) is 49.1 Å². The van der Waals surface area contributed by atoms with E-state index < -0.39 is 72.8 Å². The molecule has 286 valence electrons. The number of aromatic nitrogens is 2. The Balaban J connectivity index is 0.000000296. The predicted molar refractivity (Wildman–Crippen MR) is 198 cm³/mol. The topological polar surface area (TPSA) is 173 Å². The first kappa shape index (κ1) is 44.3. The molecule has 1 N–H and O–H groups in total. The Morgan fingerprint density at radius 2 is 1.23 bits per heavy atom. The Kier molecular flexibility index (Phi) is 16.9. The second-order valence-corrected chi connectivity index (χ2v) is 23.7. The molecule has 2 aliphatic heterocycles. The SMILES string of the molecule is CCC(C(=O)OC(C)(C)C)N1CC(C(=O)O)CC1=O.CCC(C(=O)OC(C)(C)C)N1CC(C(=O)c2cccnc2)CC1=O.[CH3][SnH]([CH3])[c]1cccnc1. The quantitative estimate of drug-likeness (QED) is 0.208. The van der Waals surface area contributed by atoms with Crippen LogP contribution in [0.5, 0.6) is 0 Å². The van der Waals surface area contributed by atoms with Crippen molar-refractivity contribution >= 4 is 58.8 Å². The summed E-state index contributed by atoms with van der Waals surface area (Å²) in [6.45, 7) is 14.6.